The van der Waals surface area contributed by atoms with Crippen molar-refractivity contribution in [2.24, 2.45) is 11.8 Å². The van der Waals surface area contributed by atoms with E-state index >= 15 is 0 Å². The first-order chi connectivity index (χ1) is 8.18. The molecule has 0 spiro atoms. The summed E-state index contributed by atoms with van der Waals surface area (Å²) in [5.41, 5.74) is 0.517. The van der Waals surface area contributed by atoms with Gasteiger partial charge in [0.25, 0.3) is 0 Å². The lowest BCUT2D eigenvalue weighted by atomic mass is 9.82. The summed E-state index contributed by atoms with van der Waals surface area (Å²) in [7, 11) is 0. The topological polar surface area (TPSA) is 29.1 Å². The van der Waals surface area contributed by atoms with E-state index in [1.54, 1.807) is 18.2 Å². The SMILES string of the molecule is CC1CNCC[C@H]1C(=O)Cc1ccccc1F. The molecule has 17 heavy (non-hydrogen) atoms. The summed E-state index contributed by atoms with van der Waals surface area (Å²) in [5.74, 6) is 0.324. The van der Waals surface area contributed by atoms with Crippen LogP contribution in [-0.4, -0.2) is 18.9 Å². The first kappa shape index (κ1) is 12.2. The zero-order valence-corrected chi connectivity index (χ0v) is 10.1. The van der Waals surface area contributed by atoms with Gasteiger partial charge in [-0.1, -0.05) is 25.1 Å². The Balaban J connectivity index is 2.03. The van der Waals surface area contributed by atoms with Crippen molar-refractivity contribution in [3.63, 3.8) is 0 Å². The normalized spacial score (nSPS) is 24.6. The van der Waals surface area contributed by atoms with Gasteiger partial charge in [0.2, 0.25) is 0 Å². The van der Waals surface area contributed by atoms with Crippen molar-refractivity contribution in [2.45, 2.75) is 19.8 Å². The molecule has 2 nitrogen and oxygen atoms in total. The van der Waals surface area contributed by atoms with Crippen molar-refractivity contribution in [2.75, 3.05) is 13.1 Å². The minimum Gasteiger partial charge on any atom is -0.316 e. The number of hydrogen-bond acceptors (Lipinski definition) is 2. The number of benzene rings is 1. The molecule has 0 bridgehead atoms. The molecule has 2 rings (SSSR count). The Kier molecular flexibility index (Phi) is 3.89. The van der Waals surface area contributed by atoms with E-state index in [9.17, 15) is 9.18 Å². The van der Waals surface area contributed by atoms with Gasteiger partial charge in [-0.15, -0.1) is 0 Å². The van der Waals surface area contributed by atoms with Crippen molar-refractivity contribution in [1.29, 1.82) is 0 Å². The van der Waals surface area contributed by atoms with Gasteiger partial charge in [0, 0.05) is 12.3 Å². The van der Waals surface area contributed by atoms with E-state index in [-0.39, 0.29) is 23.9 Å². The van der Waals surface area contributed by atoms with Crippen molar-refractivity contribution in [3.05, 3.63) is 35.6 Å². The minimum absolute atomic E-state index is 0.0795. The van der Waals surface area contributed by atoms with E-state index in [0.717, 1.165) is 19.5 Å². The fourth-order valence-electron chi connectivity index (χ4n) is 2.45. The predicted octanol–water partition coefficient (Wildman–Crippen LogP) is 2.18. The van der Waals surface area contributed by atoms with Crippen molar-refractivity contribution < 1.29 is 9.18 Å². The van der Waals surface area contributed by atoms with Crippen molar-refractivity contribution in [1.82, 2.24) is 5.32 Å². The third-order valence-corrected chi connectivity index (χ3v) is 3.52. The average Bonchev–Trinajstić information content (AvgIpc) is 2.32. The maximum absolute atomic E-state index is 13.4. The van der Waals surface area contributed by atoms with E-state index in [1.165, 1.54) is 6.07 Å². The smallest absolute Gasteiger partial charge is 0.140 e. The Labute approximate surface area is 101 Å². The van der Waals surface area contributed by atoms with Crippen LogP contribution in [0.1, 0.15) is 18.9 Å². The van der Waals surface area contributed by atoms with Gasteiger partial charge < -0.3 is 5.32 Å². The highest BCUT2D eigenvalue weighted by atomic mass is 19.1. The molecule has 0 amide bonds. The number of hydrogen-bond donors (Lipinski definition) is 1. The van der Waals surface area contributed by atoms with E-state index < -0.39 is 0 Å². The molecule has 1 saturated heterocycles. The zero-order chi connectivity index (χ0) is 12.3. The maximum Gasteiger partial charge on any atom is 0.140 e. The summed E-state index contributed by atoms with van der Waals surface area (Å²) >= 11 is 0. The quantitative estimate of drug-likeness (QED) is 0.870. The molecule has 0 radical (unpaired) electrons. The van der Waals surface area contributed by atoms with Gasteiger partial charge in [-0.25, -0.2) is 4.39 Å². The molecule has 1 unspecified atom stereocenters. The number of Topliss-reactive ketones (excluding diaryl/α,β-unsaturated/α-hetero) is 1. The highest BCUT2D eigenvalue weighted by Gasteiger charge is 2.27. The number of halogens is 1. The molecule has 1 heterocycles. The van der Waals surface area contributed by atoms with Crippen LogP contribution in [-0.2, 0) is 11.2 Å². The molecule has 92 valence electrons. The molecular formula is C14H18FNO. The van der Waals surface area contributed by atoms with Crippen LogP contribution < -0.4 is 5.32 Å². The average molecular weight is 235 g/mol. The molecular weight excluding hydrogens is 217 g/mol. The standard InChI is InChI=1S/C14H18FNO/c1-10-9-16-7-6-12(10)14(17)8-11-4-2-3-5-13(11)15/h2-5,10,12,16H,6-9H2,1H3/t10?,12-/m1/s1. The molecule has 0 saturated carbocycles. The van der Waals surface area contributed by atoms with Crippen LogP contribution in [0.4, 0.5) is 4.39 Å². The lowest BCUT2D eigenvalue weighted by molar-refractivity contribution is -0.124. The second kappa shape index (κ2) is 5.41. The van der Waals surface area contributed by atoms with Gasteiger partial charge in [0.15, 0.2) is 0 Å². The Morgan fingerprint density at radius 2 is 2.24 bits per heavy atom. The van der Waals surface area contributed by atoms with Gasteiger partial charge in [0.1, 0.15) is 11.6 Å². The first-order valence-electron chi connectivity index (χ1n) is 6.15. The summed E-state index contributed by atoms with van der Waals surface area (Å²) < 4.78 is 13.4. The van der Waals surface area contributed by atoms with Gasteiger partial charge in [0.05, 0.1) is 0 Å². The lowest BCUT2D eigenvalue weighted by Gasteiger charge is -2.28. The van der Waals surface area contributed by atoms with E-state index in [2.05, 4.69) is 12.2 Å². The summed E-state index contributed by atoms with van der Waals surface area (Å²) in [6.07, 6.45) is 1.09. The Morgan fingerprint density at radius 3 is 2.94 bits per heavy atom. The van der Waals surface area contributed by atoms with E-state index in [0.29, 0.717) is 11.5 Å². The minimum atomic E-state index is -0.276. The molecule has 3 heteroatoms. The predicted molar refractivity (Wildman–Crippen MR) is 65.3 cm³/mol. The number of rotatable bonds is 3. The van der Waals surface area contributed by atoms with Crippen molar-refractivity contribution in [3.8, 4) is 0 Å². The molecule has 1 fully saturated rings. The number of carbonyl (C=O) groups is 1. The highest BCUT2D eigenvalue weighted by Crippen LogP contribution is 2.22. The number of nitrogens with one attached hydrogen (secondary N) is 1. The van der Waals surface area contributed by atoms with Gasteiger partial charge in [-0.05, 0) is 37.1 Å². The Hall–Kier alpha value is -1.22. The second-order valence-electron chi connectivity index (χ2n) is 4.81. The van der Waals surface area contributed by atoms with E-state index in [1.807, 2.05) is 0 Å². The Bertz CT molecular complexity index is 405. The van der Waals surface area contributed by atoms with E-state index in [4.69, 9.17) is 0 Å². The van der Waals surface area contributed by atoms with Crippen molar-refractivity contribution >= 4 is 5.78 Å². The summed E-state index contributed by atoms with van der Waals surface area (Å²) in [5, 5.41) is 3.27. The summed E-state index contributed by atoms with van der Waals surface area (Å²) in [4.78, 5) is 12.1. The number of ketones is 1. The summed E-state index contributed by atoms with van der Waals surface area (Å²) in [6, 6.07) is 6.53. The number of carbonyl (C=O) groups excluding carboxylic acids is 1. The lowest BCUT2D eigenvalue weighted by Crippen LogP contribution is -2.39. The molecule has 1 aromatic carbocycles. The van der Waals surface area contributed by atoms with Gasteiger partial charge in [-0.2, -0.15) is 0 Å². The van der Waals surface area contributed by atoms with Crippen LogP contribution in [0.15, 0.2) is 24.3 Å². The number of piperidine rings is 1. The largest absolute Gasteiger partial charge is 0.316 e. The highest BCUT2D eigenvalue weighted by molar-refractivity contribution is 5.83. The van der Waals surface area contributed by atoms with Gasteiger partial charge in [-0.3, -0.25) is 4.79 Å². The maximum atomic E-state index is 13.4. The first-order valence-corrected chi connectivity index (χ1v) is 6.15. The van der Waals surface area contributed by atoms with Crippen LogP contribution in [0.25, 0.3) is 0 Å². The van der Waals surface area contributed by atoms with Gasteiger partial charge >= 0.3 is 0 Å². The molecule has 2 atom stereocenters. The van der Waals surface area contributed by atoms with Crippen LogP contribution >= 0.6 is 0 Å². The monoisotopic (exact) mass is 235 g/mol. The molecule has 0 aromatic heterocycles. The fraction of sp³-hybridized carbons (Fsp3) is 0.500. The van der Waals surface area contributed by atoms with Crippen LogP contribution in [0.3, 0.4) is 0 Å². The zero-order valence-electron chi connectivity index (χ0n) is 10.1. The molecule has 1 aliphatic heterocycles. The molecule has 1 aliphatic rings. The molecule has 1 aromatic rings. The fourth-order valence-corrected chi connectivity index (χ4v) is 2.45. The third-order valence-electron chi connectivity index (χ3n) is 3.52. The summed E-state index contributed by atoms with van der Waals surface area (Å²) in [6.45, 7) is 3.85. The second-order valence-corrected chi connectivity index (χ2v) is 4.81. The molecule has 1 N–H and O–H groups in total. The Morgan fingerprint density at radius 1 is 1.47 bits per heavy atom. The molecule has 0 aliphatic carbocycles. The van der Waals surface area contributed by atoms with Crippen LogP contribution in [0.5, 0.6) is 0 Å². The van der Waals surface area contributed by atoms with Crippen LogP contribution in [0, 0.1) is 17.7 Å². The van der Waals surface area contributed by atoms with Crippen LogP contribution in [0.2, 0.25) is 0 Å². The third kappa shape index (κ3) is 2.91.